The average molecular weight is 348 g/mol. The number of benzene rings is 1. The third-order valence-electron chi connectivity index (χ3n) is 3.51. The molecule has 5 nitrogen and oxygen atoms in total. The predicted molar refractivity (Wildman–Crippen MR) is 85.5 cm³/mol. The summed E-state index contributed by atoms with van der Waals surface area (Å²) < 4.78 is 26.1. The van der Waals surface area contributed by atoms with E-state index in [-0.39, 0.29) is 36.6 Å². The van der Waals surface area contributed by atoms with Gasteiger partial charge in [-0.25, -0.2) is 8.78 Å². The lowest BCUT2D eigenvalue weighted by molar-refractivity contribution is -0.135. The minimum absolute atomic E-state index is 0. The van der Waals surface area contributed by atoms with Crippen molar-refractivity contribution in [2.24, 2.45) is 0 Å². The third kappa shape index (κ3) is 5.76. The number of rotatable bonds is 4. The number of halogens is 3. The molecule has 1 aliphatic heterocycles. The topological polar surface area (TPSA) is 61.4 Å². The van der Waals surface area contributed by atoms with E-state index in [0.29, 0.717) is 0 Å². The minimum atomic E-state index is -0.772. The fraction of sp³-hybridized carbons (Fsp3) is 0.467. The van der Waals surface area contributed by atoms with Crippen molar-refractivity contribution >= 4 is 29.9 Å². The van der Waals surface area contributed by atoms with Crippen LogP contribution >= 0.6 is 12.4 Å². The zero-order valence-corrected chi connectivity index (χ0v) is 13.6. The molecular formula is C15H20ClF2N3O2. The summed E-state index contributed by atoms with van der Waals surface area (Å²) in [6.07, 6.45) is 2.77. The number of nitrogens with zero attached hydrogens (tertiary/aromatic N) is 1. The van der Waals surface area contributed by atoms with Crippen LogP contribution in [-0.2, 0) is 9.59 Å². The highest BCUT2D eigenvalue weighted by atomic mass is 35.5. The summed E-state index contributed by atoms with van der Waals surface area (Å²) in [4.78, 5) is 25.3. The van der Waals surface area contributed by atoms with Crippen LogP contribution < -0.4 is 10.6 Å². The third-order valence-corrected chi connectivity index (χ3v) is 3.51. The van der Waals surface area contributed by atoms with Gasteiger partial charge in [0.2, 0.25) is 11.8 Å². The van der Waals surface area contributed by atoms with Crippen molar-refractivity contribution in [1.29, 1.82) is 0 Å². The van der Waals surface area contributed by atoms with Crippen LogP contribution in [0.25, 0.3) is 0 Å². The summed E-state index contributed by atoms with van der Waals surface area (Å²) in [7, 11) is 1.53. The molecular weight excluding hydrogens is 328 g/mol. The summed E-state index contributed by atoms with van der Waals surface area (Å²) in [5, 5.41) is 5.49. The lowest BCUT2D eigenvalue weighted by Gasteiger charge is -2.27. The van der Waals surface area contributed by atoms with E-state index >= 15 is 0 Å². The Morgan fingerprint density at radius 1 is 1.26 bits per heavy atom. The number of carbonyl (C=O) groups excluding carboxylic acids is 2. The van der Waals surface area contributed by atoms with Gasteiger partial charge in [0.1, 0.15) is 11.6 Å². The molecule has 0 radical (unpaired) electrons. The van der Waals surface area contributed by atoms with Gasteiger partial charge < -0.3 is 15.5 Å². The molecule has 128 valence electrons. The van der Waals surface area contributed by atoms with E-state index in [1.165, 1.54) is 11.9 Å². The lowest BCUT2D eigenvalue weighted by Crippen LogP contribution is -2.49. The second kappa shape index (κ2) is 8.79. The number of nitrogens with one attached hydrogen (secondary N) is 2. The Balaban J connectivity index is 0.00000264. The van der Waals surface area contributed by atoms with Crippen molar-refractivity contribution in [2.45, 2.75) is 25.3 Å². The molecule has 23 heavy (non-hydrogen) atoms. The first-order valence-corrected chi connectivity index (χ1v) is 7.20. The largest absolute Gasteiger partial charge is 0.335 e. The normalized spacial score (nSPS) is 17.1. The Labute approximate surface area is 139 Å². The monoisotopic (exact) mass is 347 g/mol. The van der Waals surface area contributed by atoms with Crippen molar-refractivity contribution < 1.29 is 18.4 Å². The van der Waals surface area contributed by atoms with Gasteiger partial charge in [-0.2, -0.15) is 0 Å². The molecule has 2 rings (SSSR count). The maximum Gasteiger partial charge on any atom is 0.243 e. The summed E-state index contributed by atoms with van der Waals surface area (Å²) in [6, 6.07) is 2.50. The average Bonchev–Trinajstić information content (AvgIpc) is 2.46. The van der Waals surface area contributed by atoms with Gasteiger partial charge in [0, 0.05) is 18.8 Å². The van der Waals surface area contributed by atoms with Crippen LogP contribution in [0.1, 0.15) is 19.3 Å². The van der Waals surface area contributed by atoms with Crippen LogP contribution in [-0.4, -0.2) is 42.9 Å². The highest BCUT2D eigenvalue weighted by molar-refractivity contribution is 5.95. The maximum absolute atomic E-state index is 13.0. The van der Waals surface area contributed by atoms with E-state index in [4.69, 9.17) is 0 Å². The van der Waals surface area contributed by atoms with E-state index in [9.17, 15) is 18.4 Å². The standard InChI is InChI=1S/C15H19F2N3O2.ClH/c1-20(15(22)13-4-2-3-5-18-13)9-14(21)19-12-7-10(16)6-11(17)8-12;/h6-8,13,18H,2-5,9H2,1H3,(H,19,21);1H. The summed E-state index contributed by atoms with van der Waals surface area (Å²) in [5.74, 6) is -2.20. The fourth-order valence-corrected chi connectivity index (χ4v) is 2.45. The first kappa shape index (κ1) is 19.3. The summed E-state index contributed by atoms with van der Waals surface area (Å²) in [6.45, 7) is 0.619. The molecule has 0 aromatic heterocycles. The number of anilines is 1. The number of hydrogen-bond donors (Lipinski definition) is 2. The molecule has 1 unspecified atom stereocenters. The zero-order valence-electron chi connectivity index (χ0n) is 12.8. The van der Waals surface area contributed by atoms with Crippen LogP contribution in [0.15, 0.2) is 18.2 Å². The van der Waals surface area contributed by atoms with Gasteiger partial charge in [-0.3, -0.25) is 9.59 Å². The van der Waals surface area contributed by atoms with Crippen molar-refractivity contribution in [3.8, 4) is 0 Å². The Kier molecular flexibility index (Phi) is 7.38. The summed E-state index contributed by atoms with van der Waals surface area (Å²) >= 11 is 0. The molecule has 8 heteroatoms. The number of likely N-dealkylation sites (N-methyl/N-ethyl adjacent to an activating group) is 1. The highest BCUT2D eigenvalue weighted by Gasteiger charge is 2.24. The number of hydrogen-bond acceptors (Lipinski definition) is 3. The van der Waals surface area contributed by atoms with E-state index in [2.05, 4.69) is 10.6 Å². The van der Waals surface area contributed by atoms with Crippen LogP contribution in [0, 0.1) is 11.6 Å². The van der Waals surface area contributed by atoms with Crippen molar-refractivity contribution in [1.82, 2.24) is 10.2 Å². The molecule has 1 aromatic carbocycles. The van der Waals surface area contributed by atoms with Crippen LogP contribution in [0.3, 0.4) is 0 Å². The first-order chi connectivity index (χ1) is 10.5. The first-order valence-electron chi connectivity index (χ1n) is 7.20. The fourth-order valence-electron chi connectivity index (χ4n) is 2.45. The molecule has 1 heterocycles. The Bertz CT molecular complexity index is 545. The molecule has 1 aliphatic rings. The van der Waals surface area contributed by atoms with Crippen molar-refractivity contribution in [3.63, 3.8) is 0 Å². The Hall–Kier alpha value is -1.73. The second-order valence-electron chi connectivity index (χ2n) is 5.40. The van der Waals surface area contributed by atoms with Crippen LogP contribution in [0.5, 0.6) is 0 Å². The lowest BCUT2D eigenvalue weighted by atomic mass is 10.0. The van der Waals surface area contributed by atoms with Gasteiger partial charge in [0.05, 0.1) is 12.6 Å². The summed E-state index contributed by atoms with van der Waals surface area (Å²) in [5.41, 5.74) is 0.0270. The number of amides is 2. The molecule has 2 N–H and O–H groups in total. The number of piperidine rings is 1. The molecule has 0 spiro atoms. The van der Waals surface area contributed by atoms with Gasteiger partial charge >= 0.3 is 0 Å². The molecule has 1 saturated heterocycles. The minimum Gasteiger partial charge on any atom is -0.335 e. The maximum atomic E-state index is 13.0. The van der Waals surface area contributed by atoms with Crippen LogP contribution in [0.2, 0.25) is 0 Å². The molecule has 1 aromatic rings. The smallest absolute Gasteiger partial charge is 0.243 e. The van der Waals surface area contributed by atoms with Crippen molar-refractivity contribution in [2.75, 3.05) is 25.5 Å². The molecule has 2 amide bonds. The number of carbonyl (C=O) groups is 2. The molecule has 0 bridgehead atoms. The second-order valence-corrected chi connectivity index (χ2v) is 5.40. The van der Waals surface area contributed by atoms with E-state index in [0.717, 1.165) is 44.0 Å². The predicted octanol–water partition coefficient (Wildman–Crippen LogP) is 1.93. The molecule has 0 aliphatic carbocycles. The van der Waals surface area contributed by atoms with E-state index in [1.54, 1.807) is 0 Å². The Morgan fingerprint density at radius 2 is 1.91 bits per heavy atom. The van der Waals surface area contributed by atoms with Crippen LogP contribution in [0.4, 0.5) is 14.5 Å². The van der Waals surface area contributed by atoms with Crippen molar-refractivity contribution in [3.05, 3.63) is 29.8 Å². The molecule has 1 atom stereocenters. The van der Waals surface area contributed by atoms with E-state index in [1.807, 2.05) is 0 Å². The quantitative estimate of drug-likeness (QED) is 0.875. The van der Waals surface area contributed by atoms with Gasteiger partial charge in [-0.05, 0) is 31.5 Å². The highest BCUT2D eigenvalue weighted by Crippen LogP contribution is 2.13. The molecule has 1 fully saturated rings. The van der Waals surface area contributed by atoms with Gasteiger partial charge in [0.25, 0.3) is 0 Å². The Morgan fingerprint density at radius 3 is 2.48 bits per heavy atom. The SMILES string of the molecule is CN(CC(=O)Nc1cc(F)cc(F)c1)C(=O)C1CCCCN1.Cl. The zero-order chi connectivity index (χ0) is 16.1. The van der Waals surface area contributed by atoms with Gasteiger partial charge in [-0.1, -0.05) is 6.42 Å². The molecule has 0 saturated carbocycles. The van der Waals surface area contributed by atoms with Gasteiger partial charge in [0.15, 0.2) is 0 Å². The van der Waals surface area contributed by atoms with Gasteiger partial charge in [-0.15, -0.1) is 12.4 Å². The van der Waals surface area contributed by atoms with E-state index < -0.39 is 17.5 Å².